The molecule has 1 heterocycles. The van der Waals surface area contributed by atoms with Gasteiger partial charge in [-0.15, -0.1) is 0 Å². The Morgan fingerprint density at radius 3 is 2.69 bits per heavy atom. The van der Waals surface area contributed by atoms with Crippen molar-refractivity contribution in [1.29, 1.82) is 0 Å². The van der Waals surface area contributed by atoms with E-state index in [1.165, 1.54) is 18.5 Å². The molecule has 0 spiro atoms. The van der Waals surface area contributed by atoms with Gasteiger partial charge in [-0.3, -0.25) is 0 Å². The van der Waals surface area contributed by atoms with E-state index in [1.54, 1.807) is 0 Å². The number of nitrogens with zero attached hydrogens (tertiary/aromatic N) is 1. The minimum Gasteiger partial charge on any atom is -0.370 e. The fourth-order valence-electron chi connectivity index (χ4n) is 2.14. The Bertz CT molecular complexity index is 362. The van der Waals surface area contributed by atoms with Crippen LogP contribution in [0.2, 0.25) is 5.02 Å². The standard InChI is InChI=1S/C12H16BrClN2/c1-15-10-4-6-16(7-5-10)12-8-9(14)2-3-11(12)13/h2-3,8,10,15H,4-7H2,1H3. The predicted molar refractivity (Wildman–Crippen MR) is 73.4 cm³/mol. The highest BCUT2D eigenvalue weighted by molar-refractivity contribution is 9.10. The molecular weight excluding hydrogens is 288 g/mol. The monoisotopic (exact) mass is 302 g/mol. The van der Waals surface area contributed by atoms with Crippen molar-refractivity contribution in [2.24, 2.45) is 0 Å². The lowest BCUT2D eigenvalue weighted by atomic mass is 10.0. The first-order chi connectivity index (χ1) is 7.70. The highest BCUT2D eigenvalue weighted by atomic mass is 79.9. The van der Waals surface area contributed by atoms with E-state index in [0.717, 1.165) is 22.6 Å². The molecule has 1 aromatic carbocycles. The molecule has 0 aliphatic carbocycles. The first-order valence-electron chi connectivity index (χ1n) is 5.58. The fraction of sp³-hybridized carbons (Fsp3) is 0.500. The lowest BCUT2D eigenvalue weighted by Crippen LogP contribution is -2.41. The molecule has 0 amide bonds. The van der Waals surface area contributed by atoms with E-state index in [2.05, 4.69) is 26.1 Å². The van der Waals surface area contributed by atoms with Gasteiger partial charge in [0.15, 0.2) is 0 Å². The van der Waals surface area contributed by atoms with Crippen molar-refractivity contribution in [2.75, 3.05) is 25.0 Å². The van der Waals surface area contributed by atoms with E-state index in [9.17, 15) is 0 Å². The Hall–Kier alpha value is -0.250. The van der Waals surface area contributed by atoms with E-state index >= 15 is 0 Å². The SMILES string of the molecule is CNC1CCN(c2cc(Cl)ccc2Br)CC1. The molecule has 2 rings (SSSR count). The molecule has 1 aromatic rings. The topological polar surface area (TPSA) is 15.3 Å². The molecule has 0 unspecified atom stereocenters. The first-order valence-corrected chi connectivity index (χ1v) is 6.75. The normalized spacial score (nSPS) is 17.8. The van der Waals surface area contributed by atoms with Crippen molar-refractivity contribution in [3.8, 4) is 0 Å². The zero-order chi connectivity index (χ0) is 11.5. The molecule has 16 heavy (non-hydrogen) atoms. The molecule has 1 aliphatic heterocycles. The number of benzene rings is 1. The van der Waals surface area contributed by atoms with Crippen molar-refractivity contribution in [2.45, 2.75) is 18.9 Å². The van der Waals surface area contributed by atoms with Gasteiger partial charge in [0.2, 0.25) is 0 Å². The van der Waals surface area contributed by atoms with Crippen LogP contribution in [0.4, 0.5) is 5.69 Å². The summed E-state index contributed by atoms with van der Waals surface area (Å²) in [5.41, 5.74) is 1.21. The van der Waals surface area contributed by atoms with Crippen LogP contribution in [0.1, 0.15) is 12.8 Å². The van der Waals surface area contributed by atoms with Crippen LogP contribution in [-0.2, 0) is 0 Å². The molecule has 1 fully saturated rings. The molecule has 88 valence electrons. The predicted octanol–water partition coefficient (Wildman–Crippen LogP) is 3.29. The summed E-state index contributed by atoms with van der Waals surface area (Å²) in [5.74, 6) is 0. The Kier molecular flexibility index (Phi) is 4.11. The average Bonchev–Trinajstić information content (AvgIpc) is 2.32. The quantitative estimate of drug-likeness (QED) is 0.902. The summed E-state index contributed by atoms with van der Waals surface area (Å²) in [6.07, 6.45) is 2.38. The summed E-state index contributed by atoms with van der Waals surface area (Å²) in [6.45, 7) is 2.18. The second-order valence-electron chi connectivity index (χ2n) is 4.15. The summed E-state index contributed by atoms with van der Waals surface area (Å²) in [7, 11) is 2.04. The number of nitrogens with one attached hydrogen (secondary N) is 1. The van der Waals surface area contributed by atoms with Crippen LogP contribution in [0.5, 0.6) is 0 Å². The van der Waals surface area contributed by atoms with Gasteiger partial charge in [0, 0.05) is 28.6 Å². The van der Waals surface area contributed by atoms with Crippen LogP contribution in [0.25, 0.3) is 0 Å². The summed E-state index contributed by atoms with van der Waals surface area (Å²) in [4.78, 5) is 2.39. The van der Waals surface area contributed by atoms with Gasteiger partial charge in [0.05, 0.1) is 5.69 Å². The zero-order valence-corrected chi connectivity index (χ0v) is 11.7. The Morgan fingerprint density at radius 1 is 1.38 bits per heavy atom. The van der Waals surface area contributed by atoms with Crippen LogP contribution >= 0.6 is 27.5 Å². The third-order valence-electron chi connectivity index (χ3n) is 3.15. The molecule has 0 bridgehead atoms. The van der Waals surface area contributed by atoms with E-state index in [0.29, 0.717) is 6.04 Å². The van der Waals surface area contributed by atoms with Crippen molar-refractivity contribution < 1.29 is 0 Å². The van der Waals surface area contributed by atoms with Crippen LogP contribution in [0.3, 0.4) is 0 Å². The van der Waals surface area contributed by atoms with Gasteiger partial charge >= 0.3 is 0 Å². The minimum absolute atomic E-state index is 0.661. The number of hydrogen-bond acceptors (Lipinski definition) is 2. The van der Waals surface area contributed by atoms with E-state index in [1.807, 2.05) is 25.2 Å². The van der Waals surface area contributed by atoms with Crippen molar-refractivity contribution in [3.05, 3.63) is 27.7 Å². The van der Waals surface area contributed by atoms with Gasteiger partial charge in [-0.25, -0.2) is 0 Å². The average molecular weight is 304 g/mol. The molecule has 0 atom stereocenters. The third kappa shape index (κ3) is 2.70. The number of rotatable bonds is 2. The van der Waals surface area contributed by atoms with E-state index < -0.39 is 0 Å². The van der Waals surface area contributed by atoms with Gasteiger partial charge in [0.25, 0.3) is 0 Å². The lowest BCUT2D eigenvalue weighted by Gasteiger charge is -2.34. The fourth-order valence-corrected chi connectivity index (χ4v) is 2.80. The van der Waals surface area contributed by atoms with Crippen molar-refractivity contribution >= 4 is 33.2 Å². The smallest absolute Gasteiger partial charge is 0.0525 e. The summed E-state index contributed by atoms with van der Waals surface area (Å²) in [5, 5.41) is 4.14. The third-order valence-corrected chi connectivity index (χ3v) is 4.06. The molecule has 0 radical (unpaired) electrons. The first kappa shape index (κ1) is 12.2. The highest BCUT2D eigenvalue weighted by Crippen LogP contribution is 2.31. The molecule has 2 nitrogen and oxygen atoms in total. The van der Waals surface area contributed by atoms with Gasteiger partial charge in [-0.2, -0.15) is 0 Å². The van der Waals surface area contributed by atoms with Gasteiger partial charge < -0.3 is 10.2 Å². The van der Waals surface area contributed by atoms with Gasteiger partial charge in [0.1, 0.15) is 0 Å². The molecule has 1 aliphatic rings. The Labute approximate surface area is 110 Å². The zero-order valence-electron chi connectivity index (χ0n) is 9.34. The number of halogens is 2. The maximum atomic E-state index is 6.03. The Balaban J connectivity index is 2.10. The van der Waals surface area contributed by atoms with Gasteiger partial charge in [-0.05, 0) is 54.0 Å². The molecule has 1 saturated heterocycles. The van der Waals surface area contributed by atoms with E-state index in [4.69, 9.17) is 11.6 Å². The minimum atomic E-state index is 0.661. The molecule has 1 N–H and O–H groups in total. The molecule has 4 heteroatoms. The number of anilines is 1. The molecule has 0 aromatic heterocycles. The maximum absolute atomic E-state index is 6.03. The van der Waals surface area contributed by atoms with E-state index in [-0.39, 0.29) is 0 Å². The van der Waals surface area contributed by atoms with Crippen molar-refractivity contribution in [1.82, 2.24) is 5.32 Å². The second kappa shape index (κ2) is 5.39. The largest absolute Gasteiger partial charge is 0.370 e. The number of hydrogen-bond donors (Lipinski definition) is 1. The summed E-state index contributed by atoms with van der Waals surface area (Å²) >= 11 is 9.61. The van der Waals surface area contributed by atoms with Crippen LogP contribution in [0, 0.1) is 0 Å². The summed E-state index contributed by atoms with van der Waals surface area (Å²) < 4.78 is 1.12. The second-order valence-corrected chi connectivity index (χ2v) is 5.44. The van der Waals surface area contributed by atoms with Crippen LogP contribution in [0.15, 0.2) is 22.7 Å². The Morgan fingerprint density at radius 2 is 2.06 bits per heavy atom. The van der Waals surface area contributed by atoms with Crippen LogP contribution in [-0.4, -0.2) is 26.2 Å². The number of piperidine rings is 1. The van der Waals surface area contributed by atoms with Crippen LogP contribution < -0.4 is 10.2 Å². The van der Waals surface area contributed by atoms with Gasteiger partial charge in [-0.1, -0.05) is 11.6 Å². The summed E-state index contributed by atoms with van der Waals surface area (Å²) in [6, 6.07) is 6.62. The molecule has 0 saturated carbocycles. The highest BCUT2D eigenvalue weighted by Gasteiger charge is 2.19. The maximum Gasteiger partial charge on any atom is 0.0525 e. The lowest BCUT2D eigenvalue weighted by molar-refractivity contribution is 0.442. The molecular formula is C12H16BrClN2. The van der Waals surface area contributed by atoms with Crippen molar-refractivity contribution in [3.63, 3.8) is 0 Å².